The summed E-state index contributed by atoms with van der Waals surface area (Å²) in [5.41, 5.74) is 3.56. The first-order valence-electron chi connectivity index (χ1n) is 7.98. The van der Waals surface area contributed by atoms with Gasteiger partial charge in [0.15, 0.2) is 11.6 Å². The molecule has 1 aromatic carbocycles. The maximum atomic E-state index is 12.2. The van der Waals surface area contributed by atoms with Gasteiger partial charge in [-0.3, -0.25) is 9.89 Å². The minimum absolute atomic E-state index is 0.0433. The molecule has 130 valence electrons. The molecule has 1 atom stereocenters. The van der Waals surface area contributed by atoms with Crippen LogP contribution in [0.25, 0.3) is 11.6 Å². The lowest BCUT2D eigenvalue weighted by molar-refractivity contribution is -0.119. The molecule has 2 N–H and O–H groups in total. The summed E-state index contributed by atoms with van der Waals surface area (Å²) in [5.74, 6) is 1.37. The van der Waals surface area contributed by atoms with E-state index in [-0.39, 0.29) is 17.7 Å². The maximum Gasteiger partial charge on any atom is 0.230 e. The Morgan fingerprint density at radius 2 is 2.16 bits per heavy atom. The summed E-state index contributed by atoms with van der Waals surface area (Å²) in [5, 5.41) is 10.4. The van der Waals surface area contributed by atoms with Crippen molar-refractivity contribution in [3.63, 3.8) is 0 Å². The highest BCUT2D eigenvalue weighted by atomic mass is 32.2. The quantitative estimate of drug-likeness (QED) is 0.659. The fourth-order valence-corrected chi connectivity index (χ4v) is 2.97. The van der Waals surface area contributed by atoms with Crippen LogP contribution in [0.15, 0.2) is 46.2 Å². The highest BCUT2D eigenvalue weighted by Crippen LogP contribution is 2.20. The lowest BCUT2D eigenvalue weighted by Crippen LogP contribution is -2.28. The third-order valence-corrected chi connectivity index (χ3v) is 4.81. The summed E-state index contributed by atoms with van der Waals surface area (Å²) in [7, 11) is 0. The predicted octanol–water partition coefficient (Wildman–Crippen LogP) is 3.65. The number of aromatic amines is 1. The zero-order valence-electron chi connectivity index (χ0n) is 14.4. The van der Waals surface area contributed by atoms with Crippen molar-refractivity contribution in [3.8, 4) is 11.6 Å². The van der Waals surface area contributed by atoms with Gasteiger partial charge in [0.1, 0.15) is 0 Å². The lowest BCUT2D eigenvalue weighted by Gasteiger charge is -2.15. The molecular formula is C18H20N4O2S. The number of nitrogens with zero attached hydrogens (tertiary/aromatic N) is 2. The number of hydrogen-bond donors (Lipinski definition) is 2. The van der Waals surface area contributed by atoms with Crippen LogP contribution in [-0.2, 0) is 4.79 Å². The standard InChI is InChI=1S/C18H20N4O2S/c1-11-6-7-14(9-12(11)2)13(3)19-16(23)10-25-18-20-17(21-22-18)15-5-4-8-24-15/h4-9,13H,10H2,1-3H3,(H,19,23)(H,20,21,22)/t13-/m1/s1. The molecule has 6 nitrogen and oxygen atoms in total. The van der Waals surface area contributed by atoms with Gasteiger partial charge in [0, 0.05) is 0 Å². The molecule has 7 heteroatoms. The van der Waals surface area contributed by atoms with E-state index in [1.807, 2.05) is 13.0 Å². The lowest BCUT2D eigenvalue weighted by atomic mass is 10.0. The van der Waals surface area contributed by atoms with Crippen LogP contribution in [0.5, 0.6) is 0 Å². The van der Waals surface area contributed by atoms with Gasteiger partial charge >= 0.3 is 0 Å². The monoisotopic (exact) mass is 356 g/mol. The molecule has 1 amide bonds. The summed E-state index contributed by atoms with van der Waals surface area (Å²) in [6.45, 7) is 6.13. The Kier molecular flexibility index (Phi) is 5.23. The molecule has 0 unspecified atom stereocenters. The van der Waals surface area contributed by atoms with Gasteiger partial charge in [0.25, 0.3) is 0 Å². The van der Waals surface area contributed by atoms with Crippen LogP contribution in [-0.4, -0.2) is 26.8 Å². The van der Waals surface area contributed by atoms with Crippen molar-refractivity contribution in [3.05, 3.63) is 53.3 Å². The number of carbonyl (C=O) groups excluding carboxylic acids is 1. The van der Waals surface area contributed by atoms with Gasteiger partial charge in [-0.25, -0.2) is 0 Å². The van der Waals surface area contributed by atoms with Gasteiger partial charge in [-0.05, 0) is 49.6 Å². The van der Waals surface area contributed by atoms with Gasteiger partial charge in [-0.1, -0.05) is 30.0 Å². The first kappa shape index (κ1) is 17.3. The number of carbonyl (C=O) groups is 1. The van der Waals surface area contributed by atoms with Crippen LogP contribution >= 0.6 is 11.8 Å². The van der Waals surface area contributed by atoms with Gasteiger partial charge in [-0.15, -0.1) is 5.10 Å². The van der Waals surface area contributed by atoms with Crippen molar-refractivity contribution in [1.82, 2.24) is 20.5 Å². The second-order valence-electron chi connectivity index (χ2n) is 5.87. The average Bonchev–Trinajstić information content (AvgIpc) is 3.26. The molecule has 0 aliphatic rings. The Morgan fingerprint density at radius 3 is 2.88 bits per heavy atom. The Labute approximate surface area is 150 Å². The van der Waals surface area contributed by atoms with Crippen LogP contribution in [0.2, 0.25) is 0 Å². The number of rotatable bonds is 6. The third kappa shape index (κ3) is 4.30. The normalized spacial score (nSPS) is 12.1. The molecule has 2 aromatic heterocycles. The number of thioether (sulfide) groups is 1. The Morgan fingerprint density at radius 1 is 1.32 bits per heavy atom. The molecule has 3 rings (SSSR count). The summed E-state index contributed by atoms with van der Waals surface area (Å²) >= 11 is 1.28. The number of H-pyrrole nitrogens is 1. The average molecular weight is 356 g/mol. The number of furan rings is 1. The third-order valence-electron chi connectivity index (χ3n) is 3.96. The molecule has 25 heavy (non-hydrogen) atoms. The van der Waals surface area contributed by atoms with Crippen molar-refractivity contribution in [2.75, 3.05) is 5.75 Å². The summed E-state index contributed by atoms with van der Waals surface area (Å²) in [6, 6.07) is 9.77. The second kappa shape index (κ2) is 7.57. The molecule has 0 aliphatic carbocycles. The number of nitrogens with one attached hydrogen (secondary N) is 2. The van der Waals surface area contributed by atoms with E-state index in [2.05, 4.69) is 46.5 Å². The molecular weight excluding hydrogens is 336 g/mol. The minimum atomic E-state index is -0.0555. The first-order valence-corrected chi connectivity index (χ1v) is 8.97. The van der Waals surface area contributed by atoms with E-state index in [4.69, 9.17) is 4.42 Å². The van der Waals surface area contributed by atoms with E-state index in [0.717, 1.165) is 5.56 Å². The molecule has 0 spiro atoms. The molecule has 2 heterocycles. The zero-order valence-corrected chi connectivity index (χ0v) is 15.2. The fourth-order valence-electron chi connectivity index (χ4n) is 2.36. The van der Waals surface area contributed by atoms with E-state index < -0.39 is 0 Å². The highest BCUT2D eigenvalue weighted by Gasteiger charge is 2.13. The Bertz CT molecular complexity index is 858. The van der Waals surface area contributed by atoms with Crippen LogP contribution in [0, 0.1) is 13.8 Å². The van der Waals surface area contributed by atoms with Crippen molar-refractivity contribution >= 4 is 17.7 Å². The van der Waals surface area contributed by atoms with Crippen LogP contribution < -0.4 is 5.32 Å². The van der Waals surface area contributed by atoms with Gasteiger partial charge < -0.3 is 9.73 Å². The van der Waals surface area contributed by atoms with Crippen molar-refractivity contribution in [2.24, 2.45) is 0 Å². The number of aromatic nitrogens is 3. The molecule has 0 saturated heterocycles. The largest absolute Gasteiger partial charge is 0.461 e. The van der Waals surface area contributed by atoms with Crippen LogP contribution in [0.3, 0.4) is 0 Å². The number of aryl methyl sites for hydroxylation is 2. The van der Waals surface area contributed by atoms with E-state index >= 15 is 0 Å². The summed E-state index contributed by atoms with van der Waals surface area (Å²) in [6.07, 6.45) is 1.58. The first-order chi connectivity index (χ1) is 12.0. The highest BCUT2D eigenvalue weighted by molar-refractivity contribution is 7.99. The zero-order chi connectivity index (χ0) is 17.8. The van der Waals surface area contributed by atoms with Gasteiger partial charge in [-0.2, -0.15) is 4.98 Å². The van der Waals surface area contributed by atoms with Gasteiger partial charge in [0.05, 0.1) is 18.1 Å². The molecule has 0 radical (unpaired) electrons. The predicted molar refractivity (Wildman–Crippen MR) is 97.3 cm³/mol. The van der Waals surface area contributed by atoms with Crippen molar-refractivity contribution in [2.45, 2.75) is 32.0 Å². The molecule has 0 bridgehead atoms. The van der Waals surface area contributed by atoms with Gasteiger partial charge in [0.2, 0.25) is 11.1 Å². The van der Waals surface area contributed by atoms with E-state index in [9.17, 15) is 4.79 Å². The van der Waals surface area contributed by atoms with E-state index in [0.29, 0.717) is 16.7 Å². The molecule has 3 aromatic rings. The summed E-state index contributed by atoms with van der Waals surface area (Å²) < 4.78 is 5.26. The molecule has 0 aliphatic heterocycles. The number of benzene rings is 1. The summed E-state index contributed by atoms with van der Waals surface area (Å²) in [4.78, 5) is 16.5. The van der Waals surface area contributed by atoms with E-state index in [1.165, 1.54) is 22.9 Å². The smallest absolute Gasteiger partial charge is 0.230 e. The van der Waals surface area contributed by atoms with E-state index in [1.54, 1.807) is 18.4 Å². The SMILES string of the molecule is Cc1ccc([C@@H](C)NC(=O)CSc2n[nH]c(-c3ccco3)n2)cc1C. The number of amides is 1. The van der Waals surface area contributed by atoms with Crippen LogP contribution in [0.1, 0.15) is 29.7 Å². The minimum Gasteiger partial charge on any atom is -0.461 e. The maximum absolute atomic E-state index is 12.2. The molecule has 0 fully saturated rings. The van der Waals surface area contributed by atoms with Crippen LogP contribution in [0.4, 0.5) is 0 Å². The number of hydrogen-bond acceptors (Lipinski definition) is 5. The molecule has 0 saturated carbocycles. The van der Waals surface area contributed by atoms with Crippen molar-refractivity contribution in [1.29, 1.82) is 0 Å². The topological polar surface area (TPSA) is 83.8 Å². The van der Waals surface area contributed by atoms with Crippen molar-refractivity contribution < 1.29 is 9.21 Å². The fraction of sp³-hybridized carbons (Fsp3) is 0.278. The second-order valence-corrected chi connectivity index (χ2v) is 6.81. The Balaban J connectivity index is 1.53. The Hall–Kier alpha value is -2.54.